The summed E-state index contributed by atoms with van der Waals surface area (Å²) in [7, 11) is -3.76. The first-order chi connectivity index (χ1) is 16.0. The highest BCUT2D eigenvalue weighted by Gasteiger charge is 2.30. The van der Waals surface area contributed by atoms with Gasteiger partial charge in [0.25, 0.3) is 0 Å². The Morgan fingerprint density at radius 2 is 1.62 bits per heavy atom. The second-order valence-electron chi connectivity index (χ2n) is 8.96. The van der Waals surface area contributed by atoms with E-state index in [4.69, 9.17) is 0 Å². The lowest BCUT2D eigenvalue weighted by Gasteiger charge is -2.32. The lowest BCUT2D eigenvalue weighted by molar-refractivity contribution is -0.139. The number of rotatable bonds is 11. The fourth-order valence-corrected chi connectivity index (χ4v) is 4.53. The van der Waals surface area contributed by atoms with Crippen molar-refractivity contribution in [2.24, 2.45) is 0 Å². The number of sulfonamides is 1. The van der Waals surface area contributed by atoms with Crippen LogP contribution >= 0.6 is 0 Å². The molecule has 0 spiro atoms. The van der Waals surface area contributed by atoms with Gasteiger partial charge in [0, 0.05) is 13.1 Å². The number of carbonyl (C=O) groups excluding carboxylic acids is 2. The molecule has 0 aliphatic heterocycles. The Bertz CT molecular complexity index is 1080. The van der Waals surface area contributed by atoms with Gasteiger partial charge in [-0.25, -0.2) is 8.42 Å². The standard InChI is InChI=1S/C26H37N3O4S/c1-7-16-27-26(31)21(5)28(17-22-14-12-20(4)13-15-22)25(30)18-29(34(6,32)33)24-11-9-8-10-23(24)19(2)3/h8-15,19,21H,7,16-18H2,1-6H3,(H,27,31)/t21-/m0/s1. The van der Waals surface area contributed by atoms with Gasteiger partial charge >= 0.3 is 0 Å². The van der Waals surface area contributed by atoms with Gasteiger partial charge in [0.1, 0.15) is 12.6 Å². The number of carbonyl (C=O) groups is 2. The molecule has 1 N–H and O–H groups in total. The number of nitrogens with one attached hydrogen (secondary N) is 1. The van der Waals surface area contributed by atoms with Gasteiger partial charge in [-0.2, -0.15) is 0 Å². The second-order valence-corrected chi connectivity index (χ2v) is 10.9. The van der Waals surface area contributed by atoms with E-state index in [-0.39, 0.29) is 24.9 Å². The van der Waals surface area contributed by atoms with Crippen LogP contribution in [0.25, 0.3) is 0 Å². The van der Waals surface area contributed by atoms with Crippen molar-refractivity contribution in [1.82, 2.24) is 10.2 Å². The molecule has 2 amide bonds. The first-order valence-electron chi connectivity index (χ1n) is 11.6. The Labute approximate surface area is 204 Å². The van der Waals surface area contributed by atoms with Crippen LogP contribution in [-0.2, 0) is 26.2 Å². The highest BCUT2D eigenvalue weighted by atomic mass is 32.2. The lowest BCUT2D eigenvalue weighted by Crippen LogP contribution is -2.51. The fraction of sp³-hybridized carbons (Fsp3) is 0.462. The Balaban J connectivity index is 2.43. The molecule has 2 aromatic rings. The molecule has 0 aliphatic rings. The van der Waals surface area contributed by atoms with Gasteiger partial charge in [-0.05, 0) is 43.4 Å². The lowest BCUT2D eigenvalue weighted by atomic mass is 10.0. The number of benzene rings is 2. The minimum absolute atomic E-state index is 0.0676. The maximum Gasteiger partial charge on any atom is 0.244 e. The fourth-order valence-electron chi connectivity index (χ4n) is 3.67. The van der Waals surface area contributed by atoms with Crippen molar-refractivity contribution in [3.05, 3.63) is 65.2 Å². The van der Waals surface area contributed by atoms with Crippen LogP contribution in [0.3, 0.4) is 0 Å². The zero-order chi connectivity index (χ0) is 25.5. The van der Waals surface area contributed by atoms with Crippen molar-refractivity contribution < 1.29 is 18.0 Å². The van der Waals surface area contributed by atoms with Crippen LogP contribution < -0.4 is 9.62 Å². The molecule has 0 saturated carbocycles. The van der Waals surface area contributed by atoms with E-state index in [1.165, 1.54) is 4.90 Å². The Kier molecular flexibility index (Phi) is 9.67. The van der Waals surface area contributed by atoms with E-state index in [0.717, 1.165) is 33.7 Å². The van der Waals surface area contributed by atoms with Crippen LogP contribution in [0.2, 0.25) is 0 Å². The van der Waals surface area contributed by atoms with E-state index in [9.17, 15) is 18.0 Å². The van der Waals surface area contributed by atoms with Crippen LogP contribution in [0.5, 0.6) is 0 Å². The third-order valence-electron chi connectivity index (χ3n) is 5.70. The normalized spacial score (nSPS) is 12.3. The first kappa shape index (κ1) is 27.4. The van der Waals surface area contributed by atoms with Crippen molar-refractivity contribution in [2.75, 3.05) is 23.7 Å². The average molecular weight is 488 g/mol. The molecule has 186 valence electrons. The molecule has 0 bridgehead atoms. The van der Waals surface area contributed by atoms with Gasteiger partial charge in [-0.3, -0.25) is 13.9 Å². The molecule has 8 heteroatoms. The maximum atomic E-state index is 13.6. The van der Waals surface area contributed by atoms with E-state index in [1.807, 2.05) is 64.1 Å². The number of hydrogen-bond donors (Lipinski definition) is 1. The molecule has 1 atom stereocenters. The highest BCUT2D eigenvalue weighted by molar-refractivity contribution is 7.92. The summed E-state index contributed by atoms with van der Waals surface area (Å²) in [6, 6.07) is 14.1. The van der Waals surface area contributed by atoms with Crippen molar-refractivity contribution in [3.63, 3.8) is 0 Å². The largest absolute Gasteiger partial charge is 0.354 e. The quantitative estimate of drug-likeness (QED) is 0.522. The molecule has 0 aliphatic carbocycles. The number of amides is 2. The molecule has 0 saturated heterocycles. The molecule has 2 rings (SSSR count). The number of nitrogens with zero attached hydrogens (tertiary/aromatic N) is 2. The number of para-hydroxylation sites is 1. The van der Waals surface area contributed by atoms with Crippen LogP contribution in [0.15, 0.2) is 48.5 Å². The zero-order valence-electron chi connectivity index (χ0n) is 21.0. The number of aryl methyl sites for hydroxylation is 1. The summed E-state index contributed by atoms with van der Waals surface area (Å²) in [5.74, 6) is -0.641. The molecule has 0 unspecified atom stereocenters. The third kappa shape index (κ3) is 7.32. The van der Waals surface area contributed by atoms with Crippen LogP contribution in [0.4, 0.5) is 5.69 Å². The van der Waals surface area contributed by atoms with E-state index >= 15 is 0 Å². The summed E-state index contributed by atoms with van der Waals surface area (Å²) in [5.41, 5.74) is 3.26. The summed E-state index contributed by atoms with van der Waals surface area (Å²) >= 11 is 0. The molecule has 0 fully saturated rings. The molecule has 34 heavy (non-hydrogen) atoms. The monoisotopic (exact) mass is 487 g/mol. The molecule has 7 nitrogen and oxygen atoms in total. The molecule has 0 radical (unpaired) electrons. The summed E-state index contributed by atoms with van der Waals surface area (Å²) < 4.78 is 26.7. The summed E-state index contributed by atoms with van der Waals surface area (Å²) in [4.78, 5) is 27.8. The average Bonchev–Trinajstić information content (AvgIpc) is 2.79. The van der Waals surface area contributed by atoms with Gasteiger partial charge < -0.3 is 10.2 Å². The van der Waals surface area contributed by atoms with Crippen molar-refractivity contribution in [2.45, 2.75) is 59.5 Å². The van der Waals surface area contributed by atoms with Gasteiger partial charge in [-0.1, -0.05) is 68.8 Å². The Morgan fingerprint density at radius 3 is 2.18 bits per heavy atom. The minimum atomic E-state index is -3.76. The van der Waals surface area contributed by atoms with Gasteiger partial charge in [0.15, 0.2) is 0 Å². The summed E-state index contributed by atoms with van der Waals surface area (Å²) in [6.45, 7) is 9.87. The molecular weight excluding hydrogens is 450 g/mol. The Hall–Kier alpha value is -2.87. The van der Waals surface area contributed by atoms with Crippen molar-refractivity contribution in [3.8, 4) is 0 Å². The van der Waals surface area contributed by atoms with Gasteiger partial charge in [0.05, 0.1) is 11.9 Å². The summed E-state index contributed by atoms with van der Waals surface area (Å²) in [6.07, 6.45) is 1.87. The topological polar surface area (TPSA) is 86.8 Å². The van der Waals surface area contributed by atoms with Gasteiger partial charge in [-0.15, -0.1) is 0 Å². The smallest absolute Gasteiger partial charge is 0.244 e. The van der Waals surface area contributed by atoms with E-state index in [2.05, 4.69) is 5.32 Å². The summed E-state index contributed by atoms with van der Waals surface area (Å²) in [5, 5.41) is 2.84. The van der Waals surface area contributed by atoms with Crippen molar-refractivity contribution in [1.29, 1.82) is 0 Å². The SMILES string of the molecule is CCCNC(=O)[C@H](C)N(Cc1ccc(C)cc1)C(=O)CN(c1ccccc1C(C)C)S(C)(=O)=O. The zero-order valence-corrected chi connectivity index (χ0v) is 21.9. The molecule has 2 aromatic carbocycles. The predicted molar refractivity (Wildman–Crippen MR) is 137 cm³/mol. The van der Waals surface area contributed by atoms with Crippen LogP contribution in [0, 0.1) is 6.92 Å². The van der Waals surface area contributed by atoms with Gasteiger partial charge in [0.2, 0.25) is 21.8 Å². The molecule has 0 heterocycles. The van der Waals surface area contributed by atoms with Crippen LogP contribution in [-0.4, -0.2) is 50.5 Å². The predicted octanol–water partition coefficient (Wildman–Crippen LogP) is 3.83. The van der Waals surface area contributed by atoms with Crippen molar-refractivity contribution >= 4 is 27.5 Å². The minimum Gasteiger partial charge on any atom is -0.354 e. The maximum absolute atomic E-state index is 13.6. The highest BCUT2D eigenvalue weighted by Crippen LogP contribution is 2.29. The second kappa shape index (κ2) is 12.0. The van der Waals surface area contributed by atoms with E-state index in [0.29, 0.717) is 12.2 Å². The number of hydrogen-bond acceptors (Lipinski definition) is 4. The van der Waals surface area contributed by atoms with Crippen LogP contribution in [0.1, 0.15) is 56.7 Å². The number of anilines is 1. The van der Waals surface area contributed by atoms with E-state index in [1.54, 1.807) is 19.1 Å². The molecule has 0 aromatic heterocycles. The Morgan fingerprint density at radius 1 is 1.00 bits per heavy atom. The van der Waals surface area contributed by atoms with E-state index < -0.39 is 22.0 Å². The first-order valence-corrected chi connectivity index (χ1v) is 13.5. The molecular formula is C26H37N3O4S. The third-order valence-corrected chi connectivity index (χ3v) is 6.82.